The number of carbonyl (C=O) groups excluding carboxylic acids is 2. The standard InChI is InChI=1S/C29H41F2N3O5S/c1-6-19-8-7-9-20(12-19)17-32-18-26(35)25(15-21-13-22(30)16-23(31)14-21)33-27(36)24(10-11-40(5)38)34-28(37)39-29(2,3)4/h7-9,12-14,16,24-26,32,35H,6,10-11,15,17-18H2,1-5H3,(H,33,36)(H,34,37)/t24-,25+,26-,40?/m1/s1. The largest absolute Gasteiger partial charge is 0.444 e. The zero-order valence-corrected chi connectivity index (χ0v) is 24.6. The second-order valence-corrected chi connectivity index (χ2v) is 12.3. The quantitative estimate of drug-likeness (QED) is 0.272. The number of hydrogen-bond acceptors (Lipinski definition) is 6. The Balaban J connectivity index is 2.19. The first kappa shape index (κ1) is 33.3. The van der Waals surface area contributed by atoms with E-state index >= 15 is 0 Å². The highest BCUT2D eigenvalue weighted by Gasteiger charge is 2.29. The molecule has 2 amide bonds. The highest BCUT2D eigenvalue weighted by molar-refractivity contribution is 7.84. The van der Waals surface area contributed by atoms with E-state index in [0.29, 0.717) is 6.54 Å². The molecule has 0 radical (unpaired) electrons. The molecule has 0 spiro atoms. The Morgan fingerprint density at radius 1 is 1.02 bits per heavy atom. The van der Waals surface area contributed by atoms with E-state index in [-0.39, 0.29) is 30.7 Å². The van der Waals surface area contributed by atoms with Crippen molar-refractivity contribution in [2.24, 2.45) is 0 Å². The van der Waals surface area contributed by atoms with Gasteiger partial charge in [-0.3, -0.25) is 9.00 Å². The molecule has 0 saturated carbocycles. The fraction of sp³-hybridized carbons (Fsp3) is 0.517. The fourth-order valence-corrected chi connectivity index (χ4v) is 4.59. The van der Waals surface area contributed by atoms with Gasteiger partial charge in [0.1, 0.15) is 23.3 Å². The molecule has 4 N–H and O–H groups in total. The topological polar surface area (TPSA) is 117 Å². The molecule has 0 aliphatic heterocycles. The molecule has 0 aliphatic rings. The second kappa shape index (κ2) is 15.8. The van der Waals surface area contributed by atoms with Crippen molar-refractivity contribution < 1.29 is 32.4 Å². The Morgan fingerprint density at radius 2 is 1.68 bits per heavy atom. The third kappa shape index (κ3) is 12.5. The zero-order valence-electron chi connectivity index (χ0n) is 23.8. The highest BCUT2D eigenvalue weighted by atomic mass is 32.2. The molecule has 0 heterocycles. The number of rotatable bonds is 14. The van der Waals surface area contributed by atoms with Crippen LogP contribution in [0.25, 0.3) is 0 Å². The molecule has 0 aromatic heterocycles. The fourth-order valence-electron chi connectivity index (χ4n) is 4.02. The molecule has 2 rings (SSSR count). The number of nitrogens with one attached hydrogen (secondary N) is 3. The predicted octanol–water partition coefficient (Wildman–Crippen LogP) is 3.37. The summed E-state index contributed by atoms with van der Waals surface area (Å²) < 4.78 is 44.7. The van der Waals surface area contributed by atoms with Gasteiger partial charge in [-0.2, -0.15) is 0 Å². The number of aryl methyl sites for hydroxylation is 1. The molecule has 2 aromatic carbocycles. The molecule has 8 nitrogen and oxygen atoms in total. The van der Waals surface area contributed by atoms with Crippen molar-refractivity contribution in [3.63, 3.8) is 0 Å². The van der Waals surface area contributed by atoms with Gasteiger partial charge in [-0.1, -0.05) is 31.2 Å². The maximum atomic E-state index is 13.9. The van der Waals surface area contributed by atoms with Gasteiger partial charge in [0.2, 0.25) is 5.91 Å². The first-order valence-electron chi connectivity index (χ1n) is 13.3. The van der Waals surface area contributed by atoms with E-state index in [1.165, 1.54) is 11.8 Å². The summed E-state index contributed by atoms with van der Waals surface area (Å²) in [6.07, 6.45) is 0.376. The molecule has 0 saturated heterocycles. The van der Waals surface area contributed by atoms with Crippen LogP contribution in [0.3, 0.4) is 0 Å². The van der Waals surface area contributed by atoms with Crippen LogP contribution in [0.2, 0.25) is 0 Å². The molecule has 0 fully saturated rings. The molecule has 40 heavy (non-hydrogen) atoms. The molecule has 2 aromatic rings. The maximum absolute atomic E-state index is 13.9. The van der Waals surface area contributed by atoms with Crippen molar-refractivity contribution in [1.29, 1.82) is 0 Å². The van der Waals surface area contributed by atoms with E-state index in [0.717, 1.165) is 30.2 Å². The lowest BCUT2D eigenvalue weighted by Crippen LogP contribution is -2.55. The molecule has 4 atom stereocenters. The lowest BCUT2D eigenvalue weighted by Gasteiger charge is -2.28. The minimum Gasteiger partial charge on any atom is -0.444 e. The predicted molar refractivity (Wildman–Crippen MR) is 152 cm³/mol. The Labute approximate surface area is 237 Å². The van der Waals surface area contributed by atoms with Crippen molar-refractivity contribution in [1.82, 2.24) is 16.0 Å². The molecule has 0 bridgehead atoms. The lowest BCUT2D eigenvalue weighted by molar-refractivity contribution is -0.124. The minimum atomic E-state index is -1.23. The number of benzene rings is 2. The van der Waals surface area contributed by atoms with Gasteiger partial charge in [0.05, 0.1) is 12.1 Å². The van der Waals surface area contributed by atoms with E-state index in [4.69, 9.17) is 4.74 Å². The first-order chi connectivity index (χ1) is 18.8. The van der Waals surface area contributed by atoms with Gasteiger partial charge in [-0.05, 0) is 68.9 Å². The van der Waals surface area contributed by atoms with Crippen LogP contribution in [0.4, 0.5) is 13.6 Å². The van der Waals surface area contributed by atoms with Crippen LogP contribution in [0.15, 0.2) is 42.5 Å². The normalized spacial score (nSPS) is 14.6. The summed E-state index contributed by atoms with van der Waals surface area (Å²) in [6, 6.07) is 8.93. The Bertz CT molecular complexity index is 1140. The van der Waals surface area contributed by atoms with Crippen LogP contribution in [-0.2, 0) is 39.7 Å². The number of hydrogen-bond donors (Lipinski definition) is 4. The third-order valence-electron chi connectivity index (χ3n) is 5.95. The molecule has 1 unspecified atom stereocenters. The summed E-state index contributed by atoms with van der Waals surface area (Å²) in [6.45, 7) is 7.63. The van der Waals surface area contributed by atoms with E-state index in [9.17, 15) is 27.7 Å². The number of halogens is 2. The van der Waals surface area contributed by atoms with Crippen molar-refractivity contribution in [2.45, 2.75) is 77.3 Å². The summed E-state index contributed by atoms with van der Waals surface area (Å²) in [7, 11) is -1.23. The molecular weight excluding hydrogens is 540 g/mol. The van der Waals surface area contributed by atoms with Crippen molar-refractivity contribution in [3.8, 4) is 0 Å². The minimum absolute atomic E-state index is 0.0532. The van der Waals surface area contributed by atoms with Crippen LogP contribution in [-0.4, -0.2) is 63.7 Å². The Morgan fingerprint density at radius 3 is 2.27 bits per heavy atom. The number of aliphatic hydroxyl groups is 1. The van der Waals surface area contributed by atoms with E-state index in [1.807, 2.05) is 18.2 Å². The van der Waals surface area contributed by atoms with Gasteiger partial charge >= 0.3 is 6.09 Å². The summed E-state index contributed by atoms with van der Waals surface area (Å²) in [5.41, 5.74) is 1.63. The third-order valence-corrected chi connectivity index (χ3v) is 6.76. The summed E-state index contributed by atoms with van der Waals surface area (Å²) in [5.74, 6) is -2.07. The number of amides is 2. The number of ether oxygens (including phenoxy) is 1. The van der Waals surface area contributed by atoms with Crippen LogP contribution >= 0.6 is 0 Å². The number of carbonyl (C=O) groups is 2. The molecule has 222 valence electrons. The van der Waals surface area contributed by atoms with Crippen LogP contribution in [0.5, 0.6) is 0 Å². The summed E-state index contributed by atoms with van der Waals surface area (Å²) in [5, 5.41) is 19.4. The maximum Gasteiger partial charge on any atom is 0.408 e. The van der Waals surface area contributed by atoms with Gasteiger partial charge in [0.25, 0.3) is 0 Å². The monoisotopic (exact) mass is 581 g/mol. The van der Waals surface area contributed by atoms with Gasteiger partial charge in [0.15, 0.2) is 0 Å². The molecule has 0 aliphatic carbocycles. The van der Waals surface area contributed by atoms with Crippen LogP contribution in [0.1, 0.15) is 50.8 Å². The van der Waals surface area contributed by atoms with E-state index in [2.05, 4.69) is 28.9 Å². The highest BCUT2D eigenvalue weighted by Crippen LogP contribution is 2.13. The van der Waals surface area contributed by atoms with Gasteiger partial charge in [0, 0.05) is 42.0 Å². The average Bonchev–Trinajstić information content (AvgIpc) is 2.84. The van der Waals surface area contributed by atoms with Gasteiger partial charge in [-0.15, -0.1) is 0 Å². The van der Waals surface area contributed by atoms with Gasteiger partial charge in [-0.25, -0.2) is 13.6 Å². The number of aliphatic hydroxyl groups excluding tert-OH is 1. The van der Waals surface area contributed by atoms with Crippen molar-refractivity contribution in [3.05, 3.63) is 70.8 Å². The SMILES string of the molecule is CCc1cccc(CNC[C@@H](O)[C@H](Cc2cc(F)cc(F)c2)NC(=O)[C@@H](CCS(C)=O)NC(=O)OC(C)(C)C)c1. The van der Waals surface area contributed by atoms with Crippen LogP contribution in [0, 0.1) is 11.6 Å². The van der Waals surface area contributed by atoms with Crippen molar-refractivity contribution in [2.75, 3.05) is 18.6 Å². The Kier molecular flexibility index (Phi) is 13.1. The summed E-state index contributed by atoms with van der Waals surface area (Å²) >= 11 is 0. The van der Waals surface area contributed by atoms with Crippen molar-refractivity contribution >= 4 is 22.8 Å². The average molecular weight is 582 g/mol. The smallest absolute Gasteiger partial charge is 0.408 e. The second-order valence-electron chi connectivity index (χ2n) is 10.7. The Hall–Kier alpha value is -2.89. The van der Waals surface area contributed by atoms with Crippen LogP contribution < -0.4 is 16.0 Å². The van der Waals surface area contributed by atoms with E-state index in [1.54, 1.807) is 20.8 Å². The molecule has 11 heteroatoms. The lowest BCUT2D eigenvalue weighted by atomic mass is 9.99. The number of alkyl carbamates (subject to hydrolysis) is 1. The van der Waals surface area contributed by atoms with Gasteiger partial charge < -0.3 is 25.8 Å². The zero-order chi connectivity index (χ0) is 29.9. The first-order valence-corrected chi connectivity index (χ1v) is 15.0. The molecular formula is C29H41F2N3O5S. The van der Waals surface area contributed by atoms with E-state index < -0.39 is 58.2 Å². The summed E-state index contributed by atoms with van der Waals surface area (Å²) in [4.78, 5) is 25.7.